The van der Waals surface area contributed by atoms with Crippen molar-refractivity contribution in [1.29, 1.82) is 0 Å². The molecular weight excluding hydrogens is 376 g/mol. The van der Waals surface area contributed by atoms with Gasteiger partial charge in [-0.15, -0.1) is 0 Å². The summed E-state index contributed by atoms with van der Waals surface area (Å²) in [6.45, 7) is 1.66. The van der Waals surface area contributed by atoms with Crippen LogP contribution in [0.5, 0.6) is 5.75 Å². The van der Waals surface area contributed by atoms with Crippen molar-refractivity contribution in [3.05, 3.63) is 88.9 Å². The molecule has 0 bridgehead atoms. The zero-order valence-electron chi connectivity index (χ0n) is 15.2. The highest BCUT2D eigenvalue weighted by Crippen LogP contribution is 2.23. The average Bonchev–Trinajstić information content (AvgIpc) is 2.69. The van der Waals surface area contributed by atoms with E-state index in [2.05, 4.69) is 10.6 Å². The molecule has 0 aliphatic rings. The quantitative estimate of drug-likeness (QED) is 0.623. The molecule has 0 atom stereocenters. The predicted molar refractivity (Wildman–Crippen MR) is 111 cm³/mol. The second-order valence-electron chi connectivity index (χ2n) is 6.14. The summed E-state index contributed by atoms with van der Waals surface area (Å²) in [4.78, 5) is 24.7. The maximum Gasteiger partial charge on any atom is 0.262 e. The molecule has 5 nitrogen and oxygen atoms in total. The summed E-state index contributed by atoms with van der Waals surface area (Å²) >= 11 is 6.13. The molecule has 3 rings (SSSR count). The van der Waals surface area contributed by atoms with E-state index in [1.807, 2.05) is 31.2 Å². The minimum atomic E-state index is -0.371. The summed E-state index contributed by atoms with van der Waals surface area (Å²) in [6, 6.07) is 21.2. The molecule has 0 aromatic heterocycles. The molecule has 0 saturated heterocycles. The standard InChI is InChI=1S/C22H19ClN2O3/c1-15-11-12-19(18(23)13-15)25-21(26)14-28-20-10-6-5-9-17(20)22(27)24-16-7-3-2-4-8-16/h2-13H,14H2,1H3,(H,24,27)(H,25,26). The number of rotatable bonds is 6. The van der Waals surface area contributed by atoms with E-state index in [0.717, 1.165) is 5.56 Å². The molecule has 0 aliphatic heterocycles. The van der Waals surface area contributed by atoms with Crippen LogP contribution in [0.2, 0.25) is 5.02 Å². The third-order valence-electron chi connectivity index (χ3n) is 3.92. The number of carbonyl (C=O) groups is 2. The van der Waals surface area contributed by atoms with Gasteiger partial charge in [-0.3, -0.25) is 9.59 Å². The van der Waals surface area contributed by atoms with Crippen LogP contribution in [0.15, 0.2) is 72.8 Å². The number of nitrogens with one attached hydrogen (secondary N) is 2. The first-order chi connectivity index (χ1) is 13.5. The highest BCUT2D eigenvalue weighted by atomic mass is 35.5. The minimum Gasteiger partial charge on any atom is -0.483 e. The first-order valence-corrected chi connectivity index (χ1v) is 9.05. The van der Waals surface area contributed by atoms with Gasteiger partial charge in [0.1, 0.15) is 5.75 Å². The van der Waals surface area contributed by atoms with Crippen LogP contribution in [-0.2, 0) is 4.79 Å². The van der Waals surface area contributed by atoms with E-state index in [4.69, 9.17) is 16.3 Å². The number of halogens is 1. The summed E-state index contributed by atoms with van der Waals surface area (Å²) < 4.78 is 5.58. The molecule has 3 aromatic rings. The fourth-order valence-corrected chi connectivity index (χ4v) is 2.83. The van der Waals surface area contributed by atoms with Crippen molar-refractivity contribution >= 4 is 34.8 Å². The summed E-state index contributed by atoms with van der Waals surface area (Å²) in [5.41, 5.74) is 2.52. The SMILES string of the molecule is Cc1ccc(NC(=O)COc2ccccc2C(=O)Nc2ccccc2)c(Cl)c1. The molecule has 0 radical (unpaired) electrons. The second kappa shape index (κ2) is 9.06. The van der Waals surface area contributed by atoms with Crippen LogP contribution in [0, 0.1) is 6.92 Å². The molecule has 0 saturated carbocycles. The summed E-state index contributed by atoms with van der Waals surface area (Å²) in [7, 11) is 0. The van der Waals surface area contributed by atoms with E-state index in [1.54, 1.807) is 48.5 Å². The third-order valence-corrected chi connectivity index (χ3v) is 4.23. The number of carbonyl (C=O) groups excluding carboxylic acids is 2. The number of para-hydroxylation sites is 2. The Balaban J connectivity index is 1.64. The van der Waals surface area contributed by atoms with Crippen molar-refractivity contribution in [2.45, 2.75) is 6.92 Å². The third kappa shape index (κ3) is 5.11. The van der Waals surface area contributed by atoms with Gasteiger partial charge < -0.3 is 15.4 Å². The zero-order valence-corrected chi connectivity index (χ0v) is 16.0. The monoisotopic (exact) mass is 394 g/mol. The van der Waals surface area contributed by atoms with Crippen molar-refractivity contribution in [2.24, 2.45) is 0 Å². The molecule has 2 amide bonds. The number of benzene rings is 3. The minimum absolute atomic E-state index is 0.250. The molecule has 3 aromatic carbocycles. The smallest absolute Gasteiger partial charge is 0.262 e. The topological polar surface area (TPSA) is 67.4 Å². The molecule has 2 N–H and O–H groups in total. The van der Waals surface area contributed by atoms with Crippen LogP contribution in [0.25, 0.3) is 0 Å². The van der Waals surface area contributed by atoms with Gasteiger partial charge in [-0.2, -0.15) is 0 Å². The lowest BCUT2D eigenvalue weighted by atomic mass is 10.2. The van der Waals surface area contributed by atoms with Gasteiger partial charge >= 0.3 is 0 Å². The van der Waals surface area contributed by atoms with Crippen LogP contribution in [0.4, 0.5) is 11.4 Å². The van der Waals surface area contributed by atoms with E-state index >= 15 is 0 Å². The van der Waals surface area contributed by atoms with Gasteiger partial charge in [0.15, 0.2) is 6.61 Å². The van der Waals surface area contributed by atoms with E-state index in [0.29, 0.717) is 27.7 Å². The maximum absolute atomic E-state index is 12.5. The van der Waals surface area contributed by atoms with Crippen LogP contribution in [0.3, 0.4) is 0 Å². The van der Waals surface area contributed by atoms with Gasteiger partial charge in [0.05, 0.1) is 16.3 Å². The van der Waals surface area contributed by atoms with Crippen molar-refractivity contribution in [3.63, 3.8) is 0 Å². The van der Waals surface area contributed by atoms with Gasteiger partial charge in [0.2, 0.25) is 0 Å². The Morgan fingerprint density at radius 2 is 1.64 bits per heavy atom. The van der Waals surface area contributed by atoms with Gasteiger partial charge in [0.25, 0.3) is 11.8 Å². The number of hydrogen-bond acceptors (Lipinski definition) is 3. The predicted octanol–water partition coefficient (Wildman–Crippen LogP) is 4.92. The number of aryl methyl sites for hydroxylation is 1. The van der Waals surface area contributed by atoms with Crippen LogP contribution in [0.1, 0.15) is 15.9 Å². The molecule has 6 heteroatoms. The molecule has 0 fully saturated rings. The Bertz CT molecular complexity index is 990. The second-order valence-corrected chi connectivity index (χ2v) is 6.54. The number of amides is 2. The molecule has 0 unspecified atom stereocenters. The van der Waals surface area contributed by atoms with Crippen LogP contribution >= 0.6 is 11.6 Å². The van der Waals surface area contributed by atoms with Gasteiger partial charge in [-0.1, -0.05) is 48.0 Å². The number of hydrogen-bond donors (Lipinski definition) is 2. The maximum atomic E-state index is 12.5. The number of anilines is 2. The lowest BCUT2D eigenvalue weighted by Crippen LogP contribution is -2.21. The highest BCUT2D eigenvalue weighted by Gasteiger charge is 2.14. The summed E-state index contributed by atoms with van der Waals surface area (Å²) in [5, 5.41) is 5.96. The Labute approximate surface area is 168 Å². The highest BCUT2D eigenvalue weighted by molar-refractivity contribution is 6.33. The Kier molecular flexibility index (Phi) is 6.29. The largest absolute Gasteiger partial charge is 0.483 e. The van der Waals surface area contributed by atoms with Crippen molar-refractivity contribution in [3.8, 4) is 5.75 Å². The van der Waals surface area contributed by atoms with E-state index in [1.165, 1.54) is 0 Å². The molecule has 28 heavy (non-hydrogen) atoms. The lowest BCUT2D eigenvalue weighted by Gasteiger charge is -2.12. The van der Waals surface area contributed by atoms with Crippen molar-refractivity contribution < 1.29 is 14.3 Å². The molecule has 142 valence electrons. The Morgan fingerprint density at radius 3 is 2.39 bits per heavy atom. The number of ether oxygens (including phenoxy) is 1. The van der Waals surface area contributed by atoms with Crippen molar-refractivity contribution in [1.82, 2.24) is 0 Å². The summed E-state index contributed by atoms with van der Waals surface area (Å²) in [5.74, 6) is -0.367. The van der Waals surface area contributed by atoms with Gasteiger partial charge in [-0.05, 0) is 48.9 Å². The van der Waals surface area contributed by atoms with E-state index in [-0.39, 0.29) is 18.4 Å². The van der Waals surface area contributed by atoms with Crippen molar-refractivity contribution in [2.75, 3.05) is 17.2 Å². The Hall–Kier alpha value is -3.31. The van der Waals surface area contributed by atoms with Crippen LogP contribution in [-0.4, -0.2) is 18.4 Å². The fraction of sp³-hybridized carbons (Fsp3) is 0.0909. The molecule has 0 spiro atoms. The fourth-order valence-electron chi connectivity index (χ4n) is 2.55. The summed E-state index contributed by atoms with van der Waals surface area (Å²) in [6.07, 6.45) is 0. The van der Waals surface area contributed by atoms with Gasteiger partial charge in [0, 0.05) is 5.69 Å². The molecule has 0 heterocycles. The normalized spacial score (nSPS) is 10.2. The average molecular weight is 395 g/mol. The lowest BCUT2D eigenvalue weighted by molar-refractivity contribution is -0.118. The first kappa shape index (κ1) is 19.5. The molecule has 0 aliphatic carbocycles. The van der Waals surface area contributed by atoms with E-state index in [9.17, 15) is 9.59 Å². The van der Waals surface area contributed by atoms with Gasteiger partial charge in [-0.25, -0.2) is 0 Å². The van der Waals surface area contributed by atoms with Crippen LogP contribution < -0.4 is 15.4 Å². The van der Waals surface area contributed by atoms with E-state index < -0.39 is 0 Å². The molecular formula is C22H19ClN2O3. The Morgan fingerprint density at radius 1 is 0.929 bits per heavy atom. The first-order valence-electron chi connectivity index (χ1n) is 8.67. The zero-order chi connectivity index (χ0) is 19.9.